The highest BCUT2D eigenvalue weighted by Crippen LogP contribution is 2.28. The number of nitrogens with two attached hydrogens (primary N) is 1. The molecule has 4 heteroatoms. The van der Waals surface area contributed by atoms with Crippen LogP contribution in [0.2, 0.25) is 0 Å². The second-order valence-corrected chi connectivity index (χ2v) is 7.47. The van der Waals surface area contributed by atoms with Gasteiger partial charge >= 0.3 is 0 Å². The maximum Gasteiger partial charge on any atom is 0.223 e. The van der Waals surface area contributed by atoms with Crippen LogP contribution < -0.4 is 11.1 Å². The molecule has 1 atom stereocenters. The van der Waals surface area contributed by atoms with Crippen molar-refractivity contribution in [3.63, 3.8) is 0 Å². The first-order chi connectivity index (χ1) is 12.6. The van der Waals surface area contributed by atoms with Crippen molar-refractivity contribution in [2.75, 3.05) is 6.54 Å². The number of nitrogens with one attached hydrogen (secondary N) is 1. The summed E-state index contributed by atoms with van der Waals surface area (Å²) in [4.78, 5) is 24.8. The summed E-state index contributed by atoms with van der Waals surface area (Å²) in [6, 6.07) is 13.8. The molecular formula is C22H28N2O2. The number of hydrogen-bond acceptors (Lipinski definition) is 3. The van der Waals surface area contributed by atoms with Gasteiger partial charge in [-0.25, -0.2) is 0 Å². The van der Waals surface area contributed by atoms with Crippen LogP contribution in [-0.2, 0) is 16.0 Å². The predicted molar refractivity (Wildman–Crippen MR) is 105 cm³/mol. The molecule has 0 heterocycles. The summed E-state index contributed by atoms with van der Waals surface area (Å²) >= 11 is 0. The third kappa shape index (κ3) is 4.31. The number of carbonyl (C=O) groups excluding carboxylic acids is 2. The molecular weight excluding hydrogens is 324 g/mol. The summed E-state index contributed by atoms with van der Waals surface area (Å²) in [7, 11) is 0. The van der Waals surface area contributed by atoms with Gasteiger partial charge in [0, 0.05) is 12.3 Å². The fourth-order valence-electron chi connectivity index (χ4n) is 3.94. The average Bonchev–Trinajstić information content (AvgIpc) is 2.67. The Balaban J connectivity index is 1.69. The van der Waals surface area contributed by atoms with Gasteiger partial charge in [-0.1, -0.05) is 42.5 Å². The van der Waals surface area contributed by atoms with Crippen molar-refractivity contribution in [1.29, 1.82) is 0 Å². The summed E-state index contributed by atoms with van der Waals surface area (Å²) in [6.45, 7) is 2.26. The number of carbonyl (C=O) groups is 2. The van der Waals surface area contributed by atoms with E-state index in [4.69, 9.17) is 5.73 Å². The summed E-state index contributed by atoms with van der Waals surface area (Å²) in [6.07, 6.45) is 4.27. The topological polar surface area (TPSA) is 72.2 Å². The maximum absolute atomic E-state index is 12.7. The van der Waals surface area contributed by atoms with Gasteiger partial charge in [0.05, 0.1) is 6.04 Å². The third-order valence-electron chi connectivity index (χ3n) is 5.66. The van der Waals surface area contributed by atoms with Crippen molar-refractivity contribution in [2.45, 2.75) is 45.1 Å². The molecule has 138 valence electrons. The summed E-state index contributed by atoms with van der Waals surface area (Å²) < 4.78 is 0. The Kier molecular flexibility index (Phi) is 6.04. The minimum atomic E-state index is -0.472. The van der Waals surface area contributed by atoms with Crippen LogP contribution in [0.3, 0.4) is 0 Å². The number of hydrogen-bond donors (Lipinski definition) is 2. The van der Waals surface area contributed by atoms with Crippen LogP contribution in [0.4, 0.5) is 0 Å². The molecule has 1 amide bonds. The Morgan fingerprint density at radius 2 is 1.77 bits per heavy atom. The normalized spacial score (nSPS) is 21.3. The zero-order chi connectivity index (χ0) is 18.5. The SMILES string of the molecule is CC(=O)C(Cc1cccc2ccccc12)NC(=O)C1CCC(CN)CC1. The van der Waals surface area contributed by atoms with Crippen molar-refractivity contribution in [3.05, 3.63) is 48.0 Å². The number of rotatable bonds is 6. The van der Waals surface area contributed by atoms with Crippen molar-refractivity contribution in [3.8, 4) is 0 Å². The van der Waals surface area contributed by atoms with Gasteiger partial charge in [0.25, 0.3) is 0 Å². The lowest BCUT2D eigenvalue weighted by molar-refractivity contribution is -0.130. The summed E-state index contributed by atoms with van der Waals surface area (Å²) in [5.74, 6) is 0.563. The van der Waals surface area contributed by atoms with Gasteiger partial charge in [-0.15, -0.1) is 0 Å². The van der Waals surface area contributed by atoms with E-state index in [1.54, 1.807) is 6.92 Å². The van der Waals surface area contributed by atoms with Gasteiger partial charge in [0.15, 0.2) is 5.78 Å². The smallest absolute Gasteiger partial charge is 0.223 e. The third-order valence-corrected chi connectivity index (χ3v) is 5.66. The molecule has 1 unspecified atom stereocenters. The van der Waals surface area contributed by atoms with Gasteiger partial charge in [0.1, 0.15) is 0 Å². The Morgan fingerprint density at radius 1 is 1.08 bits per heavy atom. The first kappa shape index (κ1) is 18.6. The summed E-state index contributed by atoms with van der Waals surface area (Å²) in [5.41, 5.74) is 6.82. The molecule has 3 N–H and O–H groups in total. The lowest BCUT2D eigenvalue weighted by Gasteiger charge is -2.28. The predicted octanol–water partition coefficient (Wildman–Crippen LogP) is 3.22. The Morgan fingerprint density at radius 3 is 2.46 bits per heavy atom. The number of Topliss-reactive ketones (excluding diaryl/α,β-unsaturated/α-hetero) is 1. The standard InChI is InChI=1S/C22H28N2O2/c1-15(25)21(24-22(26)18-11-9-16(14-23)10-12-18)13-19-7-4-6-17-5-2-3-8-20(17)19/h2-8,16,18,21H,9-14,23H2,1H3,(H,24,26). The van der Waals surface area contributed by atoms with E-state index in [-0.39, 0.29) is 17.6 Å². The van der Waals surface area contributed by atoms with E-state index >= 15 is 0 Å². The maximum atomic E-state index is 12.7. The fraction of sp³-hybridized carbons (Fsp3) is 0.455. The Hall–Kier alpha value is -2.20. The van der Waals surface area contributed by atoms with Crippen LogP contribution in [0.15, 0.2) is 42.5 Å². The van der Waals surface area contributed by atoms with Crippen LogP contribution in [-0.4, -0.2) is 24.3 Å². The molecule has 0 aromatic heterocycles. The van der Waals surface area contributed by atoms with E-state index in [0.717, 1.165) is 42.0 Å². The molecule has 26 heavy (non-hydrogen) atoms. The second-order valence-electron chi connectivity index (χ2n) is 7.47. The van der Waals surface area contributed by atoms with E-state index in [0.29, 0.717) is 18.9 Å². The highest BCUT2D eigenvalue weighted by Gasteiger charge is 2.28. The summed E-state index contributed by atoms with van der Waals surface area (Å²) in [5, 5.41) is 5.30. The van der Waals surface area contributed by atoms with E-state index in [1.165, 1.54) is 0 Å². The van der Waals surface area contributed by atoms with Crippen LogP contribution in [0.5, 0.6) is 0 Å². The fourth-order valence-corrected chi connectivity index (χ4v) is 3.94. The molecule has 0 aliphatic heterocycles. The number of fused-ring (bicyclic) bond motifs is 1. The van der Waals surface area contributed by atoms with E-state index in [1.807, 2.05) is 24.3 Å². The minimum Gasteiger partial charge on any atom is -0.346 e. The zero-order valence-corrected chi connectivity index (χ0v) is 15.4. The van der Waals surface area contributed by atoms with Crippen molar-refractivity contribution in [1.82, 2.24) is 5.32 Å². The van der Waals surface area contributed by atoms with E-state index < -0.39 is 6.04 Å². The lowest BCUT2D eigenvalue weighted by atomic mass is 9.81. The average molecular weight is 352 g/mol. The van der Waals surface area contributed by atoms with Gasteiger partial charge in [-0.05, 0) is 61.4 Å². The highest BCUT2D eigenvalue weighted by atomic mass is 16.2. The molecule has 1 aliphatic carbocycles. The van der Waals surface area contributed by atoms with Crippen LogP contribution in [0.25, 0.3) is 10.8 Å². The highest BCUT2D eigenvalue weighted by molar-refractivity contribution is 5.90. The molecule has 1 saturated carbocycles. The second kappa shape index (κ2) is 8.45. The van der Waals surface area contributed by atoms with Gasteiger partial charge in [-0.2, -0.15) is 0 Å². The zero-order valence-electron chi connectivity index (χ0n) is 15.4. The largest absolute Gasteiger partial charge is 0.346 e. The van der Waals surface area contributed by atoms with Crippen molar-refractivity contribution >= 4 is 22.5 Å². The lowest BCUT2D eigenvalue weighted by Crippen LogP contribution is -2.45. The molecule has 0 bridgehead atoms. The van der Waals surface area contributed by atoms with Crippen molar-refractivity contribution < 1.29 is 9.59 Å². The van der Waals surface area contributed by atoms with Crippen molar-refractivity contribution in [2.24, 2.45) is 17.6 Å². The molecule has 4 nitrogen and oxygen atoms in total. The molecule has 1 fully saturated rings. The molecule has 2 aromatic rings. The van der Waals surface area contributed by atoms with E-state index in [9.17, 15) is 9.59 Å². The Bertz CT molecular complexity index is 773. The van der Waals surface area contributed by atoms with E-state index in [2.05, 4.69) is 23.5 Å². The quantitative estimate of drug-likeness (QED) is 0.838. The molecule has 1 aliphatic rings. The van der Waals surface area contributed by atoms with Gasteiger partial charge in [-0.3, -0.25) is 9.59 Å². The molecule has 0 radical (unpaired) electrons. The number of amides is 1. The number of ketones is 1. The van der Waals surface area contributed by atoms with Gasteiger partial charge in [0.2, 0.25) is 5.91 Å². The van der Waals surface area contributed by atoms with Crippen LogP contribution in [0.1, 0.15) is 38.2 Å². The molecule has 2 aromatic carbocycles. The van der Waals surface area contributed by atoms with Gasteiger partial charge < -0.3 is 11.1 Å². The molecule has 0 saturated heterocycles. The Labute approximate surface area is 155 Å². The minimum absolute atomic E-state index is 0.00179. The first-order valence-corrected chi connectivity index (χ1v) is 9.56. The molecule has 3 rings (SSSR count). The monoisotopic (exact) mass is 352 g/mol. The number of benzene rings is 2. The first-order valence-electron chi connectivity index (χ1n) is 9.56. The molecule has 0 spiro atoms. The van der Waals surface area contributed by atoms with Crippen LogP contribution in [0, 0.1) is 11.8 Å². The van der Waals surface area contributed by atoms with Crippen LogP contribution >= 0.6 is 0 Å².